The molecular formula is C16H21N3O2. The number of methoxy groups -OCH3 is 2. The summed E-state index contributed by atoms with van der Waals surface area (Å²) in [5.74, 6) is 0.904. The summed E-state index contributed by atoms with van der Waals surface area (Å²) < 4.78 is 10.5. The summed E-state index contributed by atoms with van der Waals surface area (Å²) in [7, 11) is 5.05. The quantitative estimate of drug-likeness (QED) is 0.915. The molecule has 1 unspecified atom stereocenters. The van der Waals surface area contributed by atoms with E-state index in [0.717, 1.165) is 11.3 Å². The molecule has 0 fully saturated rings. The minimum Gasteiger partial charge on any atom is -0.480 e. The van der Waals surface area contributed by atoms with E-state index in [9.17, 15) is 0 Å². The van der Waals surface area contributed by atoms with Crippen LogP contribution < -0.4 is 14.8 Å². The molecule has 0 bridgehead atoms. The Morgan fingerprint density at radius 1 is 1.14 bits per heavy atom. The molecule has 21 heavy (non-hydrogen) atoms. The molecule has 5 nitrogen and oxygen atoms in total. The van der Waals surface area contributed by atoms with Gasteiger partial charge in [-0.15, -0.1) is 0 Å². The first-order valence-corrected chi connectivity index (χ1v) is 6.80. The second kappa shape index (κ2) is 6.54. The van der Waals surface area contributed by atoms with Crippen LogP contribution >= 0.6 is 0 Å². The second-order valence-corrected chi connectivity index (χ2v) is 4.82. The summed E-state index contributed by atoms with van der Waals surface area (Å²) in [6, 6.07) is 6.15. The van der Waals surface area contributed by atoms with Crippen molar-refractivity contribution in [2.45, 2.75) is 19.9 Å². The van der Waals surface area contributed by atoms with Crippen LogP contribution in [-0.4, -0.2) is 31.2 Å². The lowest BCUT2D eigenvalue weighted by Gasteiger charge is -2.21. The zero-order chi connectivity index (χ0) is 15.4. The molecule has 1 N–H and O–H groups in total. The number of ether oxygens (including phenoxy) is 2. The standard InChI is InChI=1S/C16H21N3O2/c1-10-7-6-8-12(11(10)2)14(17-3)15-16(21-5)19-13(20-4)9-18-15/h6-9,14,17H,1-5H3. The molecule has 2 rings (SSSR count). The minimum absolute atomic E-state index is 0.0849. The zero-order valence-corrected chi connectivity index (χ0v) is 13.1. The Hall–Kier alpha value is -2.14. The van der Waals surface area contributed by atoms with Gasteiger partial charge < -0.3 is 14.8 Å². The molecule has 0 amide bonds. The largest absolute Gasteiger partial charge is 0.480 e. The summed E-state index contributed by atoms with van der Waals surface area (Å²) in [6.45, 7) is 4.21. The van der Waals surface area contributed by atoms with Crippen LogP contribution in [0.15, 0.2) is 24.4 Å². The number of aromatic nitrogens is 2. The molecule has 0 aliphatic rings. The van der Waals surface area contributed by atoms with E-state index in [-0.39, 0.29) is 6.04 Å². The summed E-state index contributed by atoms with van der Waals surface area (Å²) in [5.41, 5.74) is 4.38. The monoisotopic (exact) mass is 287 g/mol. The number of benzene rings is 1. The van der Waals surface area contributed by atoms with Gasteiger partial charge in [0.2, 0.25) is 11.8 Å². The minimum atomic E-state index is -0.0849. The normalized spacial score (nSPS) is 12.0. The average molecular weight is 287 g/mol. The Kier molecular flexibility index (Phi) is 4.75. The molecule has 0 saturated carbocycles. The van der Waals surface area contributed by atoms with Gasteiger partial charge in [-0.1, -0.05) is 18.2 Å². The molecule has 0 saturated heterocycles. The highest BCUT2D eigenvalue weighted by Crippen LogP contribution is 2.30. The van der Waals surface area contributed by atoms with E-state index in [1.165, 1.54) is 11.1 Å². The molecule has 2 aromatic rings. The van der Waals surface area contributed by atoms with Gasteiger partial charge >= 0.3 is 0 Å². The molecule has 1 aromatic heterocycles. The van der Waals surface area contributed by atoms with Crippen LogP contribution in [0, 0.1) is 13.8 Å². The van der Waals surface area contributed by atoms with Gasteiger partial charge in [-0.2, -0.15) is 4.98 Å². The van der Waals surface area contributed by atoms with Gasteiger partial charge in [0, 0.05) is 0 Å². The maximum Gasteiger partial charge on any atom is 0.240 e. The highest BCUT2D eigenvalue weighted by Gasteiger charge is 2.22. The molecule has 1 atom stereocenters. The lowest BCUT2D eigenvalue weighted by molar-refractivity contribution is 0.353. The van der Waals surface area contributed by atoms with E-state index in [2.05, 4.69) is 41.3 Å². The molecule has 0 spiro atoms. The first kappa shape index (κ1) is 15.3. The average Bonchev–Trinajstić information content (AvgIpc) is 2.52. The van der Waals surface area contributed by atoms with Gasteiger partial charge in [0.1, 0.15) is 5.69 Å². The third-order valence-corrected chi connectivity index (χ3v) is 3.67. The fourth-order valence-electron chi connectivity index (χ4n) is 2.34. The maximum absolute atomic E-state index is 5.37. The molecular weight excluding hydrogens is 266 g/mol. The second-order valence-electron chi connectivity index (χ2n) is 4.82. The predicted molar refractivity (Wildman–Crippen MR) is 82.0 cm³/mol. The molecule has 5 heteroatoms. The van der Waals surface area contributed by atoms with Gasteiger partial charge in [-0.05, 0) is 37.6 Å². The fourth-order valence-corrected chi connectivity index (χ4v) is 2.34. The van der Waals surface area contributed by atoms with Gasteiger partial charge in [-0.25, -0.2) is 4.98 Å². The van der Waals surface area contributed by atoms with Crippen LogP contribution in [0.2, 0.25) is 0 Å². The van der Waals surface area contributed by atoms with Gasteiger partial charge in [0.15, 0.2) is 0 Å². The number of aryl methyl sites for hydroxylation is 1. The Bertz CT molecular complexity index is 629. The number of rotatable bonds is 5. The van der Waals surface area contributed by atoms with Crippen molar-refractivity contribution in [3.8, 4) is 11.8 Å². The summed E-state index contributed by atoms with van der Waals surface area (Å²) in [6.07, 6.45) is 1.60. The summed E-state index contributed by atoms with van der Waals surface area (Å²) in [5, 5.41) is 3.29. The van der Waals surface area contributed by atoms with E-state index in [4.69, 9.17) is 9.47 Å². The van der Waals surface area contributed by atoms with Crippen molar-refractivity contribution in [2.24, 2.45) is 0 Å². The third kappa shape index (κ3) is 2.97. The first-order chi connectivity index (χ1) is 10.1. The van der Waals surface area contributed by atoms with Crippen molar-refractivity contribution < 1.29 is 9.47 Å². The van der Waals surface area contributed by atoms with Gasteiger partial charge in [-0.3, -0.25) is 0 Å². The highest BCUT2D eigenvalue weighted by molar-refractivity contribution is 5.41. The van der Waals surface area contributed by atoms with Crippen LogP contribution in [0.25, 0.3) is 0 Å². The molecule has 112 valence electrons. The van der Waals surface area contributed by atoms with E-state index in [1.54, 1.807) is 20.4 Å². The maximum atomic E-state index is 5.37. The number of hydrogen-bond donors (Lipinski definition) is 1. The lowest BCUT2D eigenvalue weighted by Crippen LogP contribution is -2.21. The van der Waals surface area contributed by atoms with E-state index < -0.39 is 0 Å². The van der Waals surface area contributed by atoms with E-state index in [1.807, 2.05) is 13.1 Å². The van der Waals surface area contributed by atoms with Crippen LogP contribution in [0.4, 0.5) is 0 Å². The Morgan fingerprint density at radius 2 is 1.90 bits per heavy atom. The Morgan fingerprint density at radius 3 is 2.52 bits per heavy atom. The first-order valence-electron chi connectivity index (χ1n) is 6.80. The third-order valence-electron chi connectivity index (χ3n) is 3.67. The molecule has 0 aliphatic carbocycles. The number of hydrogen-bond acceptors (Lipinski definition) is 5. The zero-order valence-electron chi connectivity index (χ0n) is 13.1. The predicted octanol–water partition coefficient (Wildman–Crippen LogP) is 2.42. The summed E-state index contributed by atoms with van der Waals surface area (Å²) >= 11 is 0. The SMILES string of the molecule is CNC(c1cccc(C)c1C)c1ncc(OC)nc1OC. The van der Waals surface area contributed by atoms with Crippen LogP contribution in [0.5, 0.6) is 11.8 Å². The van der Waals surface area contributed by atoms with Gasteiger partial charge in [0.05, 0.1) is 26.5 Å². The number of nitrogens with one attached hydrogen (secondary N) is 1. The van der Waals surface area contributed by atoms with Crippen LogP contribution in [0.3, 0.4) is 0 Å². The van der Waals surface area contributed by atoms with Gasteiger partial charge in [0.25, 0.3) is 0 Å². The highest BCUT2D eigenvalue weighted by atomic mass is 16.5. The lowest BCUT2D eigenvalue weighted by atomic mass is 9.95. The van der Waals surface area contributed by atoms with Crippen LogP contribution in [-0.2, 0) is 0 Å². The van der Waals surface area contributed by atoms with E-state index in [0.29, 0.717) is 11.8 Å². The topological polar surface area (TPSA) is 56.3 Å². The smallest absolute Gasteiger partial charge is 0.240 e. The van der Waals surface area contributed by atoms with Crippen molar-refractivity contribution in [1.82, 2.24) is 15.3 Å². The van der Waals surface area contributed by atoms with Crippen molar-refractivity contribution in [2.75, 3.05) is 21.3 Å². The Labute approximate surface area is 125 Å². The Balaban J connectivity index is 2.53. The van der Waals surface area contributed by atoms with Crippen molar-refractivity contribution in [3.63, 3.8) is 0 Å². The van der Waals surface area contributed by atoms with Crippen molar-refractivity contribution in [1.29, 1.82) is 0 Å². The van der Waals surface area contributed by atoms with E-state index >= 15 is 0 Å². The molecule has 1 aromatic carbocycles. The van der Waals surface area contributed by atoms with Crippen molar-refractivity contribution >= 4 is 0 Å². The number of nitrogens with zero attached hydrogens (tertiary/aromatic N) is 2. The van der Waals surface area contributed by atoms with Crippen molar-refractivity contribution in [3.05, 3.63) is 46.8 Å². The van der Waals surface area contributed by atoms with Crippen LogP contribution in [0.1, 0.15) is 28.4 Å². The molecule has 1 heterocycles. The fraction of sp³-hybridized carbons (Fsp3) is 0.375. The summed E-state index contributed by atoms with van der Waals surface area (Å²) in [4.78, 5) is 8.77. The molecule has 0 aliphatic heterocycles. The molecule has 0 radical (unpaired) electrons.